The van der Waals surface area contributed by atoms with Gasteiger partial charge in [0.05, 0.1) is 31.8 Å². The van der Waals surface area contributed by atoms with Gasteiger partial charge in [0.25, 0.3) is 0 Å². The number of carboxylic acids is 1. The van der Waals surface area contributed by atoms with Crippen molar-refractivity contribution >= 4 is 11.9 Å². The van der Waals surface area contributed by atoms with Gasteiger partial charge in [0.1, 0.15) is 35.7 Å². The van der Waals surface area contributed by atoms with Crippen molar-refractivity contribution in [3.05, 3.63) is 36.6 Å². The first kappa shape index (κ1) is 38.3. The van der Waals surface area contributed by atoms with E-state index in [4.69, 9.17) is 23.7 Å². The van der Waals surface area contributed by atoms with Crippen LogP contribution < -0.4 is 5.32 Å². The van der Waals surface area contributed by atoms with Crippen LogP contribution in [0.4, 0.5) is 0 Å². The molecule has 16 nitrogen and oxygen atoms in total. The molecule has 1 saturated carbocycles. The minimum Gasteiger partial charge on any atom is -0.481 e. The third kappa shape index (κ3) is 8.62. The molecule has 9 unspecified atom stereocenters. The molecular weight excluding hydrogens is 636 g/mol. The Hall–Kier alpha value is -2.48. The molecule has 0 radical (unpaired) electrons. The first-order chi connectivity index (χ1) is 22.9. The number of nitrogens with zero attached hydrogens (tertiary/aromatic N) is 1. The fourth-order valence-electron chi connectivity index (χ4n) is 6.79. The van der Waals surface area contributed by atoms with Crippen LogP contribution in [0.25, 0.3) is 0 Å². The lowest BCUT2D eigenvalue weighted by atomic mass is 9.77. The normalized spacial score (nSPS) is 36.3. The van der Waals surface area contributed by atoms with Crippen LogP contribution in [0.1, 0.15) is 38.5 Å². The van der Waals surface area contributed by atoms with E-state index in [0.29, 0.717) is 19.4 Å². The molecule has 8 N–H and O–H groups in total. The van der Waals surface area contributed by atoms with Crippen molar-refractivity contribution < 1.29 is 69.0 Å². The maximum absolute atomic E-state index is 13.6. The number of β-amino-alcohol motifs (C(OH)–C–C–N with tert-alkyl or cyclic N) is 1. The maximum Gasteiger partial charge on any atom is 0.340 e. The number of carbonyl (C=O) groups is 2. The van der Waals surface area contributed by atoms with Crippen molar-refractivity contribution in [2.24, 2.45) is 17.8 Å². The van der Waals surface area contributed by atoms with Crippen molar-refractivity contribution in [2.75, 3.05) is 46.6 Å². The van der Waals surface area contributed by atoms with Crippen LogP contribution >= 0.6 is 0 Å². The fraction of sp³-hybridized carbons (Fsp3) is 0.750. The molecule has 0 aromatic rings. The zero-order valence-corrected chi connectivity index (χ0v) is 27.1. The topological polar surface area (TPSA) is 237 Å². The Morgan fingerprint density at radius 3 is 2.50 bits per heavy atom. The van der Waals surface area contributed by atoms with Crippen molar-refractivity contribution in [1.82, 2.24) is 10.2 Å². The van der Waals surface area contributed by atoms with Gasteiger partial charge in [-0.1, -0.05) is 24.6 Å². The second kappa shape index (κ2) is 17.0. The van der Waals surface area contributed by atoms with E-state index in [1.165, 1.54) is 19.2 Å². The molecule has 272 valence electrons. The van der Waals surface area contributed by atoms with Crippen LogP contribution in [-0.4, -0.2) is 148 Å². The van der Waals surface area contributed by atoms with Gasteiger partial charge < -0.3 is 59.4 Å². The van der Waals surface area contributed by atoms with E-state index in [-0.39, 0.29) is 44.5 Å². The summed E-state index contributed by atoms with van der Waals surface area (Å²) >= 11 is 0. The average Bonchev–Trinajstić information content (AvgIpc) is 3.06. The Balaban J connectivity index is 1.67. The molecule has 0 amide bonds. The van der Waals surface area contributed by atoms with Crippen molar-refractivity contribution in [2.45, 2.75) is 86.9 Å². The molecule has 2 saturated heterocycles. The second-order valence-corrected chi connectivity index (χ2v) is 12.8. The molecule has 9 atom stereocenters. The standard InChI is InChI=1S/C32H50N2O14/c1-3-22-29(48-30-26(45-18-33-2)32(42,43)25(37)24(16-36)47-30)44-17-23(28(40)46-21-7-5-4-6-8-21)31(22,41)10-9-19-13-20(27(38)39)15-34(14-19)11-12-35/h3,9-10,17,19-22,24-26,29-30,33,35-37,41-43H,1,4-8,11-16,18H2,2H3,(H,38,39). The lowest BCUT2D eigenvalue weighted by Crippen LogP contribution is -2.69. The number of ether oxygens (including phenoxy) is 5. The average molecular weight is 687 g/mol. The largest absolute Gasteiger partial charge is 0.481 e. The summed E-state index contributed by atoms with van der Waals surface area (Å²) in [5, 5.41) is 76.1. The van der Waals surface area contributed by atoms with Crippen molar-refractivity contribution in [3.8, 4) is 0 Å². The molecule has 3 fully saturated rings. The maximum atomic E-state index is 13.6. The number of piperidine rings is 1. The molecule has 48 heavy (non-hydrogen) atoms. The third-order valence-electron chi connectivity index (χ3n) is 9.42. The summed E-state index contributed by atoms with van der Waals surface area (Å²) in [6, 6.07) is 0. The molecule has 0 aromatic heterocycles. The third-order valence-corrected chi connectivity index (χ3v) is 9.42. The summed E-state index contributed by atoms with van der Waals surface area (Å²) in [6.45, 7) is 3.53. The summed E-state index contributed by atoms with van der Waals surface area (Å²) in [5.41, 5.74) is -2.45. The van der Waals surface area contributed by atoms with E-state index >= 15 is 0 Å². The van der Waals surface area contributed by atoms with E-state index in [0.717, 1.165) is 25.5 Å². The van der Waals surface area contributed by atoms with E-state index in [9.17, 15) is 45.3 Å². The van der Waals surface area contributed by atoms with Crippen LogP contribution in [0.3, 0.4) is 0 Å². The number of nitrogens with one attached hydrogen (secondary N) is 1. The highest BCUT2D eigenvalue weighted by molar-refractivity contribution is 5.91. The first-order valence-electron chi connectivity index (χ1n) is 16.4. The van der Waals surface area contributed by atoms with E-state index in [1.807, 2.05) is 4.90 Å². The number of hydrogen-bond acceptors (Lipinski definition) is 15. The number of carbonyl (C=O) groups excluding carboxylic acids is 1. The van der Waals surface area contributed by atoms with Gasteiger partial charge in [-0.2, -0.15) is 0 Å². The lowest BCUT2D eigenvalue weighted by molar-refractivity contribution is -0.412. The summed E-state index contributed by atoms with van der Waals surface area (Å²) in [4.78, 5) is 27.3. The number of hydrogen-bond donors (Lipinski definition) is 8. The van der Waals surface area contributed by atoms with Gasteiger partial charge in [-0.05, 0) is 45.1 Å². The van der Waals surface area contributed by atoms with Gasteiger partial charge in [-0.15, -0.1) is 6.58 Å². The zero-order valence-electron chi connectivity index (χ0n) is 27.1. The summed E-state index contributed by atoms with van der Waals surface area (Å²) in [5.74, 6) is -7.16. The molecule has 3 aliphatic heterocycles. The highest BCUT2D eigenvalue weighted by Crippen LogP contribution is 2.41. The molecule has 0 aromatic carbocycles. The molecule has 4 rings (SSSR count). The summed E-state index contributed by atoms with van der Waals surface area (Å²) in [7, 11) is 1.53. The van der Waals surface area contributed by atoms with Crippen molar-refractivity contribution in [3.63, 3.8) is 0 Å². The Morgan fingerprint density at radius 1 is 1.15 bits per heavy atom. The number of rotatable bonds is 14. The second-order valence-electron chi connectivity index (χ2n) is 12.8. The minimum atomic E-state index is -2.95. The van der Waals surface area contributed by atoms with Crippen molar-refractivity contribution in [1.29, 1.82) is 0 Å². The number of carboxylic acid groups (broad SMARTS) is 1. The van der Waals surface area contributed by atoms with E-state index < -0.39 is 78.6 Å². The van der Waals surface area contributed by atoms with Gasteiger partial charge in [-0.3, -0.25) is 15.0 Å². The predicted molar refractivity (Wildman–Crippen MR) is 165 cm³/mol. The van der Waals surface area contributed by atoms with Gasteiger partial charge in [0, 0.05) is 19.6 Å². The van der Waals surface area contributed by atoms with E-state index in [1.54, 1.807) is 6.08 Å². The summed E-state index contributed by atoms with van der Waals surface area (Å²) in [6.07, 6.45) is 0.855. The quantitative estimate of drug-likeness (QED) is 0.0592. The molecule has 0 bridgehead atoms. The summed E-state index contributed by atoms with van der Waals surface area (Å²) < 4.78 is 28.7. The minimum absolute atomic E-state index is 0.166. The zero-order chi connectivity index (χ0) is 35.1. The monoisotopic (exact) mass is 686 g/mol. The van der Waals surface area contributed by atoms with Crippen LogP contribution in [0, 0.1) is 17.8 Å². The molecule has 16 heteroatoms. The highest BCUT2D eigenvalue weighted by atomic mass is 16.8. The number of aliphatic carboxylic acids is 1. The van der Waals surface area contributed by atoms with Gasteiger partial charge >= 0.3 is 11.9 Å². The molecule has 1 aliphatic carbocycles. The van der Waals surface area contributed by atoms with Crippen LogP contribution in [0.5, 0.6) is 0 Å². The first-order valence-corrected chi connectivity index (χ1v) is 16.4. The number of esters is 1. The van der Waals surface area contributed by atoms with Crippen LogP contribution in [0.2, 0.25) is 0 Å². The molecule has 4 aliphatic rings. The smallest absolute Gasteiger partial charge is 0.340 e. The highest BCUT2D eigenvalue weighted by Gasteiger charge is 2.58. The Kier molecular flexibility index (Phi) is 13.5. The molecule has 3 heterocycles. The number of aliphatic hydroxyl groups is 6. The Bertz CT molecular complexity index is 1160. The number of aliphatic hydroxyl groups excluding tert-OH is 3. The predicted octanol–water partition coefficient (Wildman–Crippen LogP) is -1.46. The molecule has 0 spiro atoms. The SMILES string of the molecule is C=CC1C(OC2OC(CO)C(O)C(O)(O)C2OCNC)OC=C(C(=O)OC2CCCCC2)C1(O)C=CC1CC(C(=O)O)CN(CCO)C1. The van der Waals surface area contributed by atoms with Gasteiger partial charge in [-0.25, -0.2) is 4.79 Å². The van der Waals surface area contributed by atoms with Gasteiger partial charge in [0.15, 0.2) is 12.4 Å². The van der Waals surface area contributed by atoms with Crippen LogP contribution in [0.15, 0.2) is 36.6 Å². The van der Waals surface area contributed by atoms with Crippen LogP contribution in [-0.2, 0) is 33.3 Å². The molecular formula is C32H50N2O14. The fourth-order valence-corrected chi connectivity index (χ4v) is 6.79. The van der Waals surface area contributed by atoms with E-state index in [2.05, 4.69) is 11.9 Å². The number of likely N-dealkylation sites (tertiary alicyclic amines) is 1. The Morgan fingerprint density at radius 2 is 1.88 bits per heavy atom. The lowest BCUT2D eigenvalue weighted by Gasteiger charge is -2.48. The van der Waals surface area contributed by atoms with Gasteiger partial charge in [0.2, 0.25) is 12.1 Å². The Labute approximate surface area is 279 Å².